The minimum atomic E-state index is 1.03. The van der Waals surface area contributed by atoms with Gasteiger partial charge >= 0.3 is 0 Å². The third kappa shape index (κ3) is 4.20. The molecule has 1 heteroatoms. The molecule has 1 aromatic rings. The first kappa shape index (κ1) is 15.4. The SMILES string of the molecule is CCC(/C=C(\C)c1ccc(C)cc1)=C(/C)C(C)=NC. The van der Waals surface area contributed by atoms with Crippen LogP contribution in [0.1, 0.15) is 45.2 Å². The number of nitrogens with zero attached hydrogens (tertiary/aromatic N) is 1. The molecule has 0 fully saturated rings. The Morgan fingerprint density at radius 2 is 1.68 bits per heavy atom. The van der Waals surface area contributed by atoms with Crippen LogP contribution in [0.25, 0.3) is 5.57 Å². The number of hydrogen-bond acceptors (Lipinski definition) is 1. The molecule has 0 heterocycles. The van der Waals surface area contributed by atoms with E-state index < -0.39 is 0 Å². The van der Waals surface area contributed by atoms with Crippen LogP contribution in [0.5, 0.6) is 0 Å². The largest absolute Gasteiger partial charge is 0.293 e. The zero-order valence-electron chi connectivity index (χ0n) is 13.0. The summed E-state index contributed by atoms with van der Waals surface area (Å²) in [4.78, 5) is 4.28. The highest BCUT2D eigenvalue weighted by Gasteiger charge is 2.03. The van der Waals surface area contributed by atoms with E-state index in [4.69, 9.17) is 0 Å². The Morgan fingerprint density at radius 1 is 1.11 bits per heavy atom. The molecule has 0 aliphatic heterocycles. The average Bonchev–Trinajstić information content (AvgIpc) is 2.43. The molecule has 0 saturated carbocycles. The molecule has 0 N–H and O–H groups in total. The lowest BCUT2D eigenvalue weighted by Gasteiger charge is -2.09. The Kier molecular flexibility index (Phi) is 5.75. The van der Waals surface area contributed by atoms with E-state index in [0.717, 1.165) is 12.1 Å². The van der Waals surface area contributed by atoms with Gasteiger partial charge in [-0.2, -0.15) is 0 Å². The van der Waals surface area contributed by atoms with Gasteiger partial charge in [0.25, 0.3) is 0 Å². The van der Waals surface area contributed by atoms with Gasteiger partial charge in [0.15, 0.2) is 0 Å². The summed E-state index contributed by atoms with van der Waals surface area (Å²) in [6.07, 6.45) is 3.32. The van der Waals surface area contributed by atoms with Gasteiger partial charge in [-0.25, -0.2) is 0 Å². The second kappa shape index (κ2) is 7.08. The first-order valence-electron chi connectivity index (χ1n) is 6.88. The van der Waals surface area contributed by atoms with Crippen LogP contribution in [-0.4, -0.2) is 12.8 Å². The molecule has 102 valence electrons. The topological polar surface area (TPSA) is 12.4 Å². The highest BCUT2D eigenvalue weighted by Crippen LogP contribution is 2.20. The fourth-order valence-corrected chi connectivity index (χ4v) is 2.04. The van der Waals surface area contributed by atoms with Crippen LogP contribution < -0.4 is 0 Å². The Balaban J connectivity index is 3.15. The van der Waals surface area contributed by atoms with Crippen LogP contribution in [0.2, 0.25) is 0 Å². The second-order valence-corrected chi connectivity index (χ2v) is 5.01. The van der Waals surface area contributed by atoms with E-state index in [-0.39, 0.29) is 0 Å². The summed E-state index contributed by atoms with van der Waals surface area (Å²) in [5, 5.41) is 0. The van der Waals surface area contributed by atoms with Crippen molar-refractivity contribution >= 4 is 11.3 Å². The smallest absolute Gasteiger partial charge is 0.0345 e. The van der Waals surface area contributed by atoms with Crippen LogP contribution in [0.4, 0.5) is 0 Å². The van der Waals surface area contributed by atoms with Crippen molar-refractivity contribution in [3.63, 3.8) is 0 Å². The summed E-state index contributed by atoms with van der Waals surface area (Å²) in [6, 6.07) is 8.69. The molecule has 0 aromatic heterocycles. The minimum absolute atomic E-state index is 1.03. The fourth-order valence-electron chi connectivity index (χ4n) is 2.04. The zero-order chi connectivity index (χ0) is 14.4. The lowest BCUT2D eigenvalue weighted by Crippen LogP contribution is -1.97. The standard InChI is InChI=1S/C18H25N/c1-7-17(15(4)16(5)19-6)12-14(3)18-10-8-13(2)9-11-18/h8-12H,7H2,1-6H3/b14-12+,17-15+,19-16?. The number of benzene rings is 1. The molecule has 0 unspecified atom stereocenters. The summed E-state index contributed by atoms with van der Waals surface area (Å²) >= 11 is 0. The predicted octanol–water partition coefficient (Wildman–Crippen LogP) is 5.22. The van der Waals surface area contributed by atoms with E-state index in [1.807, 2.05) is 7.05 Å². The van der Waals surface area contributed by atoms with Crippen LogP contribution in [0, 0.1) is 6.92 Å². The van der Waals surface area contributed by atoms with Crippen molar-refractivity contribution in [2.24, 2.45) is 4.99 Å². The van der Waals surface area contributed by atoms with Gasteiger partial charge in [-0.3, -0.25) is 4.99 Å². The summed E-state index contributed by atoms with van der Waals surface area (Å²) < 4.78 is 0. The summed E-state index contributed by atoms with van der Waals surface area (Å²) in [7, 11) is 1.85. The predicted molar refractivity (Wildman–Crippen MR) is 86.9 cm³/mol. The van der Waals surface area contributed by atoms with Gasteiger partial charge in [-0.05, 0) is 56.4 Å². The molecule has 0 atom stereocenters. The van der Waals surface area contributed by atoms with Gasteiger partial charge in [0.05, 0.1) is 0 Å². The molecule has 19 heavy (non-hydrogen) atoms. The molecule has 1 rings (SSSR count). The van der Waals surface area contributed by atoms with Crippen molar-refractivity contribution in [3.8, 4) is 0 Å². The molecule has 1 aromatic carbocycles. The molecular weight excluding hydrogens is 230 g/mol. The molecule has 0 bridgehead atoms. The van der Waals surface area contributed by atoms with Gasteiger partial charge in [0.2, 0.25) is 0 Å². The van der Waals surface area contributed by atoms with E-state index in [9.17, 15) is 0 Å². The van der Waals surface area contributed by atoms with E-state index >= 15 is 0 Å². The van der Waals surface area contributed by atoms with Crippen LogP contribution in [0.15, 0.2) is 46.5 Å². The van der Waals surface area contributed by atoms with Crippen LogP contribution >= 0.6 is 0 Å². The van der Waals surface area contributed by atoms with Gasteiger partial charge in [0.1, 0.15) is 0 Å². The van der Waals surface area contributed by atoms with E-state index in [0.29, 0.717) is 0 Å². The van der Waals surface area contributed by atoms with Gasteiger partial charge in [-0.15, -0.1) is 0 Å². The third-order valence-electron chi connectivity index (χ3n) is 3.64. The Morgan fingerprint density at radius 3 is 2.16 bits per heavy atom. The third-order valence-corrected chi connectivity index (χ3v) is 3.64. The molecule has 0 amide bonds. The maximum atomic E-state index is 4.28. The maximum Gasteiger partial charge on any atom is 0.0345 e. The van der Waals surface area contributed by atoms with Crippen molar-refractivity contribution < 1.29 is 0 Å². The van der Waals surface area contributed by atoms with E-state index in [2.05, 4.69) is 70.0 Å². The van der Waals surface area contributed by atoms with Crippen LogP contribution in [-0.2, 0) is 0 Å². The van der Waals surface area contributed by atoms with E-state index in [1.165, 1.54) is 27.8 Å². The first-order valence-corrected chi connectivity index (χ1v) is 6.88. The summed E-state index contributed by atoms with van der Waals surface area (Å²) in [5.41, 5.74) is 7.66. The molecule has 0 aliphatic rings. The number of hydrogen-bond donors (Lipinski definition) is 0. The van der Waals surface area contributed by atoms with Gasteiger partial charge in [0, 0.05) is 12.8 Å². The minimum Gasteiger partial charge on any atom is -0.293 e. The van der Waals surface area contributed by atoms with Crippen molar-refractivity contribution in [3.05, 3.63) is 52.6 Å². The molecular formula is C18H25N. The fraction of sp³-hybridized carbons (Fsp3) is 0.389. The van der Waals surface area contributed by atoms with E-state index in [1.54, 1.807) is 0 Å². The average molecular weight is 255 g/mol. The Bertz CT molecular complexity index is 513. The van der Waals surface area contributed by atoms with Crippen molar-refractivity contribution in [1.82, 2.24) is 0 Å². The summed E-state index contributed by atoms with van der Waals surface area (Å²) in [5.74, 6) is 0. The maximum absolute atomic E-state index is 4.28. The van der Waals surface area contributed by atoms with Gasteiger partial charge < -0.3 is 0 Å². The molecule has 0 spiro atoms. The molecule has 0 aliphatic carbocycles. The molecule has 0 saturated heterocycles. The number of aryl methyl sites for hydroxylation is 1. The monoisotopic (exact) mass is 255 g/mol. The van der Waals surface area contributed by atoms with Gasteiger partial charge in [-0.1, -0.05) is 42.8 Å². The Hall–Kier alpha value is -1.63. The number of allylic oxidation sites excluding steroid dienone is 4. The number of rotatable bonds is 4. The van der Waals surface area contributed by atoms with Crippen LogP contribution in [0.3, 0.4) is 0 Å². The zero-order valence-corrected chi connectivity index (χ0v) is 13.0. The molecule has 1 nitrogen and oxygen atoms in total. The number of aliphatic imine (C=N–C) groups is 1. The molecule has 0 radical (unpaired) electrons. The second-order valence-electron chi connectivity index (χ2n) is 5.01. The Labute approximate surface area is 117 Å². The lowest BCUT2D eigenvalue weighted by molar-refractivity contribution is 1.12. The normalized spacial score (nSPS) is 14.4. The van der Waals surface area contributed by atoms with Crippen molar-refractivity contribution in [2.75, 3.05) is 7.05 Å². The quantitative estimate of drug-likeness (QED) is 0.517. The lowest BCUT2D eigenvalue weighted by atomic mass is 9.98. The van der Waals surface area contributed by atoms with Crippen molar-refractivity contribution in [1.29, 1.82) is 0 Å². The highest BCUT2D eigenvalue weighted by atomic mass is 14.7. The van der Waals surface area contributed by atoms with Crippen molar-refractivity contribution in [2.45, 2.75) is 41.0 Å². The summed E-state index contributed by atoms with van der Waals surface area (Å²) in [6.45, 7) is 10.7. The first-order chi connectivity index (χ1) is 8.99. The highest BCUT2D eigenvalue weighted by molar-refractivity contribution is 5.99.